The zero-order valence-corrected chi connectivity index (χ0v) is 14.2. The molecule has 0 saturated heterocycles. The second-order valence-electron chi connectivity index (χ2n) is 4.91. The van der Waals surface area contributed by atoms with Gasteiger partial charge in [-0.05, 0) is 46.5 Å². The Kier molecular flexibility index (Phi) is 4.89. The molecule has 0 aliphatic rings. The maximum absolute atomic E-state index is 10.4. The Labute approximate surface area is 132 Å². The molecule has 3 nitrogen and oxygen atoms in total. The number of hydrogen-bond donors (Lipinski definition) is 1. The van der Waals surface area contributed by atoms with Crippen LogP contribution in [0.15, 0.2) is 22.7 Å². The van der Waals surface area contributed by atoms with Gasteiger partial charge in [-0.25, -0.2) is 0 Å². The summed E-state index contributed by atoms with van der Waals surface area (Å²) in [5.41, 5.74) is 3.86. The van der Waals surface area contributed by atoms with Crippen LogP contribution in [0.1, 0.15) is 35.5 Å². The van der Waals surface area contributed by atoms with E-state index >= 15 is 0 Å². The third-order valence-corrected chi connectivity index (χ3v) is 4.80. The SMILES string of the molecule is CCc1nn(C)c(CC(O)c2ccc(Cl)c(C)c2)c1Br. The Hall–Kier alpha value is -0.840. The number of aliphatic hydroxyl groups is 1. The van der Waals surface area contributed by atoms with E-state index in [1.54, 1.807) is 0 Å². The van der Waals surface area contributed by atoms with Crippen molar-refractivity contribution in [2.45, 2.75) is 32.8 Å². The van der Waals surface area contributed by atoms with E-state index in [2.05, 4.69) is 28.0 Å². The van der Waals surface area contributed by atoms with Crippen molar-refractivity contribution < 1.29 is 5.11 Å². The Morgan fingerprint density at radius 2 is 2.15 bits per heavy atom. The molecular formula is C15H18BrClN2O. The van der Waals surface area contributed by atoms with Gasteiger partial charge in [0.1, 0.15) is 0 Å². The molecule has 1 unspecified atom stereocenters. The van der Waals surface area contributed by atoms with Gasteiger partial charge in [-0.1, -0.05) is 30.7 Å². The molecule has 0 spiro atoms. The van der Waals surface area contributed by atoms with Crippen molar-refractivity contribution in [1.82, 2.24) is 9.78 Å². The standard InChI is InChI=1S/C15H18BrClN2O/c1-4-12-15(16)13(19(3)18-12)8-14(20)10-5-6-11(17)9(2)7-10/h5-7,14,20H,4,8H2,1-3H3. The van der Waals surface area contributed by atoms with Crippen LogP contribution in [0, 0.1) is 6.92 Å². The molecule has 20 heavy (non-hydrogen) atoms. The van der Waals surface area contributed by atoms with Gasteiger partial charge in [0.05, 0.1) is 22.0 Å². The van der Waals surface area contributed by atoms with E-state index in [0.717, 1.165) is 38.4 Å². The maximum atomic E-state index is 10.4. The second-order valence-corrected chi connectivity index (χ2v) is 6.11. The average Bonchev–Trinajstić information content (AvgIpc) is 2.69. The summed E-state index contributed by atoms with van der Waals surface area (Å²) in [5.74, 6) is 0. The van der Waals surface area contributed by atoms with E-state index in [4.69, 9.17) is 11.6 Å². The first kappa shape index (κ1) is 15.5. The molecule has 1 N–H and O–H groups in total. The molecule has 0 fully saturated rings. The molecule has 0 radical (unpaired) electrons. The normalized spacial score (nSPS) is 12.7. The Balaban J connectivity index is 2.25. The number of aliphatic hydroxyl groups excluding tert-OH is 1. The summed E-state index contributed by atoms with van der Waals surface area (Å²) in [6.07, 6.45) is 0.817. The maximum Gasteiger partial charge on any atom is 0.0845 e. The van der Waals surface area contributed by atoms with E-state index in [9.17, 15) is 5.11 Å². The van der Waals surface area contributed by atoms with Gasteiger partial charge >= 0.3 is 0 Å². The van der Waals surface area contributed by atoms with Crippen molar-refractivity contribution >= 4 is 27.5 Å². The number of hydrogen-bond acceptors (Lipinski definition) is 2. The van der Waals surface area contributed by atoms with Gasteiger partial charge in [0, 0.05) is 18.5 Å². The van der Waals surface area contributed by atoms with Gasteiger partial charge in [0.25, 0.3) is 0 Å². The van der Waals surface area contributed by atoms with E-state index in [1.807, 2.05) is 36.9 Å². The van der Waals surface area contributed by atoms with Crippen LogP contribution < -0.4 is 0 Å². The molecule has 1 atom stereocenters. The average molecular weight is 358 g/mol. The number of halogens is 2. The molecule has 1 heterocycles. The summed E-state index contributed by atoms with van der Waals surface area (Å²) in [6, 6.07) is 5.62. The fourth-order valence-corrected chi connectivity index (χ4v) is 3.11. The highest BCUT2D eigenvalue weighted by Crippen LogP contribution is 2.28. The zero-order valence-electron chi connectivity index (χ0n) is 11.8. The van der Waals surface area contributed by atoms with Crippen LogP contribution in [0.25, 0.3) is 0 Å². The zero-order chi connectivity index (χ0) is 14.9. The summed E-state index contributed by atoms with van der Waals surface area (Å²) in [7, 11) is 1.90. The minimum absolute atomic E-state index is 0.519. The van der Waals surface area contributed by atoms with E-state index in [-0.39, 0.29) is 0 Å². The summed E-state index contributed by atoms with van der Waals surface area (Å²) >= 11 is 9.59. The minimum Gasteiger partial charge on any atom is -0.388 e. The highest BCUT2D eigenvalue weighted by Gasteiger charge is 2.17. The molecule has 108 valence electrons. The van der Waals surface area contributed by atoms with Gasteiger partial charge in [0.2, 0.25) is 0 Å². The van der Waals surface area contributed by atoms with Crippen molar-refractivity contribution in [3.63, 3.8) is 0 Å². The lowest BCUT2D eigenvalue weighted by Crippen LogP contribution is -2.07. The number of aryl methyl sites for hydroxylation is 3. The van der Waals surface area contributed by atoms with Crippen LogP contribution in [0.5, 0.6) is 0 Å². The van der Waals surface area contributed by atoms with Gasteiger partial charge < -0.3 is 5.11 Å². The predicted molar refractivity (Wildman–Crippen MR) is 85.1 cm³/mol. The number of nitrogens with zero attached hydrogens (tertiary/aromatic N) is 2. The molecule has 2 aromatic rings. The lowest BCUT2D eigenvalue weighted by molar-refractivity contribution is 0.175. The van der Waals surface area contributed by atoms with Crippen molar-refractivity contribution in [2.24, 2.45) is 7.05 Å². The predicted octanol–water partition coefficient (Wildman–Crippen LogP) is 3.98. The van der Waals surface area contributed by atoms with Crippen LogP contribution >= 0.6 is 27.5 Å². The summed E-state index contributed by atoms with van der Waals surface area (Å²) in [5, 5.41) is 15.6. The minimum atomic E-state index is -0.567. The molecule has 0 saturated carbocycles. The Morgan fingerprint density at radius 1 is 1.45 bits per heavy atom. The third-order valence-electron chi connectivity index (χ3n) is 3.46. The van der Waals surface area contributed by atoms with Crippen LogP contribution in [0.3, 0.4) is 0 Å². The second kappa shape index (κ2) is 6.29. The molecule has 0 aliphatic heterocycles. The molecule has 2 rings (SSSR count). The first-order valence-electron chi connectivity index (χ1n) is 6.58. The summed E-state index contributed by atoms with van der Waals surface area (Å²) in [6.45, 7) is 4.00. The monoisotopic (exact) mass is 356 g/mol. The first-order chi connectivity index (χ1) is 9.43. The van der Waals surface area contributed by atoms with E-state index in [0.29, 0.717) is 6.42 Å². The number of benzene rings is 1. The Bertz CT molecular complexity index is 625. The molecule has 1 aromatic heterocycles. The largest absolute Gasteiger partial charge is 0.388 e. The molecule has 0 amide bonds. The van der Waals surface area contributed by atoms with Crippen molar-refractivity contribution in [3.05, 3.63) is 50.2 Å². The molecule has 1 aromatic carbocycles. The van der Waals surface area contributed by atoms with Crippen LogP contribution in [-0.2, 0) is 19.9 Å². The first-order valence-corrected chi connectivity index (χ1v) is 7.75. The van der Waals surface area contributed by atoms with Crippen LogP contribution in [0.4, 0.5) is 0 Å². The van der Waals surface area contributed by atoms with Gasteiger partial charge in [-0.2, -0.15) is 5.10 Å². The molecular weight excluding hydrogens is 340 g/mol. The van der Waals surface area contributed by atoms with E-state index < -0.39 is 6.10 Å². The highest BCUT2D eigenvalue weighted by atomic mass is 79.9. The van der Waals surface area contributed by atoms with Crippen LogP contribution in [-0.4, -0.2) is 14.9 Å². The lowest BCUT2D eigenvalue weighted by Gasteiger charge is -2.13. The fourth-order valence-electron chi connectivity index (χ4n) is 2.22. The molecule has 5 heteroatoms. The van der Waals surface area contributed by atoms with Gasteiger partial charge in [-0.3, -0.25) is 4.68 Å². The highest BCUT2D eigenvalue weighted by molar-refractivity contribution is 9.10. The number of aromatic nitrogens is 2. The van der Waals surface area contributed by atoms with Crippen molar-refractivity contribution in [2.75, 3.05) is 0 Å². The smallest absolute Gasteiger partial charge is 0.0845 e. The van der Waals surface area contributed by atoms with Gasteiger partial charge in [0.15, 0.2) is 0 Å². The lowest BCUT2D eigenvalue weighted by atomic mass is 10.0. The Morgan fingerprint density at radius 3 is 2.70 bits per heavy atom. The van der Waals surface area contributed by atoms with E-state index in [1.165, 1.54) is 0 Å². The van der Waals surface area contributed by atoms with Gasteiger partial charge in [-0.15, -0.1) is 0 Å². The van der Waals surface area contributed by atoms with Crippen molar-refractivity contribution in [1.29, 1.82) is 0 Å². The molecule has 0 aliphatic carbocycles. The summed E-state index contributed by atoms with van der Waals surface area (Å²) < 4.78 is 2.82. The third kappa shape index (κ3) is 3.08. The quantitative estimate of drug-likeness (QED) is 0.898. The topological polar surface area (TPSA) is 38.0 Å². The summed E-state index contributed by atoms with van der Waals surface area (Å²) in [4.78, 5) is 0. The molecule has 0 bridgehead atoms. The number of rotatable bonds is 4. The van der Waals surface area contributed by atoms with Crippen LogP contribution in [0.2, 0.25) is 5.02 Å². The van der Waals surface area contributed by atoms with Crippen molar-refractivity contribution in [3.8, 4) is 0 Å². The fraction of sp³-hybridized carbons (Fsp3) is 0.400.